The predicted octanol–water partition coefficient (Wildman–Crippen LogP) is 8.66. The molecule has 3 heterocycles. The van der Waals surface area contributed by atoms with Crippen molar-refractivity contribution in [3.8, 4) is 0 Å². The third-order valence-corrected chi connectivity index (χ3v) is 11.4. The van der Waals surface area contributed by atoms with Crippen molar-refractivity contribution in [1.29, 1.82) is 0 Å². The molecule has 7 rings (SSSR count). The van der Waals surface area contributed by atoms with Crippen LogP contribution in [-0.4, -0.2) is 33.1 Å². The third-order valence-electron chi connectivity index (χ3n) is 11.4. The van der Waals surface area contributed by atoms with Gasteiger partial charge in [0.05, 0.1) is 16.7 Å². The number of aromatic nitrogens is 1. The van der Waals surface area contributed by atoms with Crippen LogP contribution in [-0.2, 0) is 15.3 Å². The number of para-hydroxylation sites is 3. The highest BCUT2D eigenvalue weighted by Crippen LogP contribution is 2.53. The molecule has 4 aromatic rings. The van der Waals surface area contributed by atoms with E-state index in [1.165, 1.54) is 0 Å². The molecular formula is C41H47N3O3. The zero-order valence-corrected chi connectivity index (χ0v) is 28.9. The Morgan fingerprint density at radius 2 is 1.38 bits per heavy atom. The molecular weight excluding hydrogens is 582 g/mol. The quantitative estimate of drug-likeness (QED) is 0.231. The van der Waals surface area contributed by atoms with Crippen molar-refractivity contribution in [2.24, 2.45) is 23.2 Å². The van der Waals surface area contributed by atoms with Gasteiger partial charge in [0.25, 0.3) is 0 Å². The van der Waals surface area contributed by atoms with Crippen molar-refractivity contribution in [3.05, 3.63) is 101 Å². The lowest BCUT2D eigenvalue weighted by atomic mass is 9.71. The maximum atomic E-state index is 14.5. The normalized spacial score (nSPS) is 26.1. The van der Waals surface area contributed by atoms with Crippen molar-refractivity contribution in [1.82, 2.24) is 9.47 Å². The largest absolute Gasteiger partial charge is 0.369 e. The maximum absolute atomic E-state index is 14.5. The highest BCUT2D eigenvalue weighted by molar-refractivity contribution is 6.14. The van der Waals surface area contributed by atoms with Gasteiger partial charge < -0.3 is 9.67 Å². The molecule has 1 fully saturated rings. The summed E-state index contributed by atoms with van der Waals surface area (Å²) < 4.78 is 2.14. The second-order valence-corrected chi connectivity index (χ2v) is 15.1. The number of carbonyl (C=O) groups excluding carboxylic acids is 2. The number of aliphatic hydroxyl groups is 1. The molecule has 0 spiro atoms. The van der Waals surface area contributed by atoms with Crippen LogP contribution >= 0.6 is 0 Å². The lowest BCUT2D eigenvalue weighted by molar-refractivity contribution is -0.151. The van der Waals surface area contributed by atoms with Crippen molar-refractivity contribution in [2.45, 2.75) is 79.4 Å². The Morgan fingerprint density at radius 3 is 1.98 bits per heavy atom. The number of allylic oxidation sites excluding steroid dienone is 3. The van der Waals surface area contributed by atoms with E-state index in [2.05, 4.69) is 101 Å². The SMILES string of the molecule is CC(C)c1cccc2c1N1CN(C(=O)C(C)(C)C1=O)C1=C(C=CCC1C(C)C)C(C)C(O)(n1c3ccccc3c3ccccc31)C2C. The summed E-state index contributed by atoms with van der Waals surface area (Å²) in [7, 11) is 0. The minimum atomic E-state index is -1.49. The number of hydrogen-bond acceptors (Lipinski definition) is 3. The molecule has 3 aromatic carbocycles. The van der Waals surface area contributed by atoms with Gasteiger partial charge in [-0.3, -0.25) is 19.4 Å². The van der Waals surface area contributed by atoms with Crippen LogP contribution in [0.3, 0.4) is 0 Å². The number of nitrogens with zero attached hydrogens (tertiary/aromatic N) is 3. The van der Waals surface area contributed by atoms with E-state index >= 15 is 0 Å². The molecule has 244 valence electrons. The Labute approximate surface area is 278 Å². The van der Waals surface area contributed by atoms with Crippen LogP contribution in [0.2, 0.25) is 0 Å². The lowest BCUT2D eigenvalue weighted by Gasteiger charge is -2.51. The summed E-state index contributed by atoms with van der Waals surface area (Å²) in [6.45, 7) is 16.6. The molecule has 2 aliphatic heterocycles. The van der Waals surface area contributed by atoms with Gasteiger partial charge in [0.1, 0.15) is 12.1 Å². The van der Waals surface area contributed by atoms with Gasteiger partial charge in [0.15, 0.2) is 5.72 Å². The molecule has 1 saturated heterocycles. The number of anilines is 1. The Balaban J connectivity index is 1.66. The number of benzene rings is 3. The van der Waals surface area contributed by atoms with E-state index in [-0.39, 0.29) is 36.2 Å². The Kier molecular flexibility index (Phi) is 7.32. The van der Waals surface area contributed by atoms with E-state index < -0.39 is 23.0 Å². The van der Waals surface area contributed by atoms with Gasteiger partial charge in [0, 0.05) is 34.2 Å². The molecule has 6 heteroatoms. The Hall–Kier alpha value is -4.16. The first-order valence-corrected chi connectivity index (χ1v) is 17.2. The van der Waals surface area contributed by atoms with Crippen molar-refractivity contribution in [2.75, 3.05) is 11.6 Å². The van der Waals surface area contributed by atoms with Crippen molar-refractivity contribution < 1.29 is 14.7 Å². The first kappa shape index (κ1) is 31.4. The maximum Gasteiger partial charge on any atom is 0.243 e. The van der Waals surface area contributed by atoms with Crippen LogP contribution in [0, 0.1) is 23.2 Å². The number of hydrogen-bond donors (Lipinski definition) is 1. The minimum absolute atomic E-state index is 0.0456. The predicted molar refractivity (Wildman–Crippen MR) is 190 cm³/mol. The summed E-state index contributed by atoms with van der Waals surface area (Å²) in [5.74, 6) is -0.881. The molecule has 4 atom stereocenters. The van der Waals surface area contributed by atoms with Crippen LogP contribution in [0.1, 0.15) is 84.8 Å². The number of fused-ring (bicyclic) bond motifs is 8. The zero-order chi connectivity index (χ0) is 33.6. The summed E-state index contributed by atoms with van der Waals surface area (Å²) >= 11 is 0. The smallest absolute Gasteiger partial charge is 0.243 e. The monoisotopic (exact) mass is 629 g/mol. The molecule has 1 N–H and O–H groups in total. The van der Waals surface area contributed by atoms with E-state index in [1.54, 1.807) is 13.8 Å². The Morgan fingerprint density at radius 1 is 0.787 bits per heavy atom. The lowest BCUT2D eigenvalue weighted by Crippen LogP contribution is -2.62. The van der Waals surface area contributed by atoms with E-state index in [0.29, 0.717) is 0 Å². The molecule has 0 saturated carbocycles. The van der Waals surface area contributed by atoms with E-state index in [1.807, 2.05) is 34.1 Å². The van der Waals surface area contributed by atoms with Gasteiger partial charge in [-0.1, -0.05) is 108 Å². The van der Waals surface area contributed by atoms with Gasteiger partial charge in [-0.25, -0.2) is 0 Å². The summed E-state index contributed by atoms with van der Waals surface area (Å²) in [5.41, 5.74) is 3.78. The highest BCUT2D eigenvalue weighted by Gasteiger charge is 2.54. The minimum Gasteiger partial charge on any atom is -0.369 e. The van der Waals surface area contributed by atoms with Crippen LogP contribution in [0.5, 0.6) is 0 Å². The average Bonchev–Trinajstić information content (AvgIpc) is 3.40. The fourth-order valence-electron chi connectivity index (χ4n) is 8.69. The summed E-state index contributed by atoms with van der Waals surface area (Å²) in [6.07, 6.45) is 5.13. The summed E-state index contributed by atoms with van der Waals surface area (Å²) in [5, 5.41) is 16.1. The van der Waals surface area contributed by atoms with Crippen molar-refractivity contribution >= 4 is 39.3 Å². The number of rotatable bonds is 3. The highest BCUT2D eigenvalue weighted by atomic mass is 16.3. The zero-order valence-electron chi connectivity index (χ0n) is 28.9. The molecule has 3 aliphatic rings. The molecule has 2 bridgehead atoms. The van der Waals surface area contributed by atoms with Gasteiger partial charge in [0.2, 0.25) is 11.8 Å². The molecule has 0 radical (unpaired) electrons. The molecule has 2 amide bonds. The van der Waals surface area contributed by atoms with Crippen LogP contribution < -0.4 is 4.90 Å². The summed E-state index contributed by atoms with van der Waals surface area (Å²) in [6, 6.07) is 22.8. The molecule has 1 aromatic heterocycles. The molecule has 4 unspecified atom stereocenters. The van der Waals surface area contributed by atoms with Crippen LogP contribution in [0.25, 0.3) is 21.8 Å². The van der Waals surface area contributed by atoms with Gasteiger partial charge in [-0.15, -0.1) is 0 Å². The second-order valence-electron chi connectivity index (χ2n) is 15.1. The summed E-state index contributed by atoms with van der Waals surface area (Å²) in [4.78, 5) is 32.8. The fourth-order valence-corrected chi connectivity index (χ4v) is 8.69. The van der Waals surface area contributed by atoms with Crippen molar-refractivity contribution in [3.63, 3.8) is 0 Å². The van der Waals surface area contributed by atoms with E-state index in [0.717, 1.165) is 56.3 Å². The molecule has 6 nitrogen and oxygen atoms in total. The van der Waals surface area contributed by atoms with Crippen LogP contribution in [0.4, 0.5) is 5.69 Å². The fraction of sp³-hybridized carbons (Fsp3) is 0.415. The number of amides is 2. The van der Waals surface area contributed by atoms with Gasteiger partial charge in [-0.2, -0.15) is 0 Å². The standard InChI is InChI=1S/C41H47N3O3/c1-24(2)28-17-13-19-30-26(5)41(47,44-34-21-11-9-15-32(34)33-16-10-12-22-35(33)44)27(6)31-20-14-18-29(25(3)4)37(31)43-23-42(36(28)30)38(45)40(7,8)39(43)46/h9-17,19-22,24-27,29,47H,18,23H2,1-8H3. The average molecular weight is 630 g/mol. The Bertz CT molecular complexity index is 1940. The molecule has 47 heavy (non-hydrogen) atoms. The van der Waals surface area contributed by atoms with Crippen LogP contribution in [0.15, 0.2) is 90.2 Å². The molecule has 1 aliphatic carbocycles. The van der Waals surface area contributed by atoms with E-state index in [4.69, 9.17) is 0 Å². The third kappa shape index (κ3) is 4.33. The first-order chi connectivity index (χ1) is 22.3. The van der Waals surface area contributed by atoms with Gasteiger partial charge >= 0.3 is 0 Å². The van der Waals surface area contributed by atoms with E-state index in [9.17, 15) is 14.7 Å². The topological polar surface area (TPSA) is 65.8 Å². The second kappa shape index (κ2) is 10.9. The van der Waals surface area contributed by atoms with Gasteiger partial charge in [-0.05, 0) is 60.9 Å². The first-order valence-electron chi connectivity index (χ1n) is 17.2. The number of carbonyl (C=O) groups is 2.